The van der Waals surface area contributed by atoms with Crippen LogP contribution in [-0.4, -0.2) is 80.7 Å². The number of piperidine rings is 1. The fourth-order valence-corrected chi connectivity index (χ4v) is 13.7. The molecule has 5 fully saturated rings. The third kappa shape index (κ3) is 5.32. The first-order valence-corrected chi connectivity index (χ1v) is 20.8. The molecule has 0 unspecified atom stereocenters. The monoisotopic (exact) mass is 723 g/mol. The van der Waals surface area contributed by atoms with Crippen LogP contribution < -0.4 is 5.73 Å². The highest BCUT2D eigenvalue weighted by molar-refractivity contribution is 5.73. The largest absolute Gasteiger partial charge is 0.481 e. The van der Waals surface area contributed by atoms with Crippen molar-refractivity contribution < 1.29 is 19.4 Å². The molecule has 0 amide bonds. The van der Waals surface area contributed by atoms with Gasteiger partial charge >= 0.3 is 5.97 Å². The smallest absolute Gasteiger partial charge is 0.307 e. The Morgan fingerprint density at radius 3 is 2.38 bits per heavy atom. The van der Waals surface area contributed by atoms with Crippen molar-refractivity contribution >= 4 is 11.9 Å². The molecule has 2 saturated heterocycles. The van der Waals surface area contributed by atoms with E-state index in [-0.39, 0.29) is 51.2 Å². The van der Waals surface area contributed by atoms with E-state index in [0.717, 1.165) is 51.6 Å². The average molecular weight is 723 g/mol. The number of allylic oxidation sites excluding steroid dienone is 1. The predicted octanol–water partition coefficient (Wildman–Crippen LogP) is 7.67. The second-order valence-electron chi connectivity index (χ2n) is 20.4. The Balaban J connectivity index is 1.36. The molecular weight excluding hydrogens is 652 g/mol. The van der Waals surface area contributed by atoms with E-state index in [4.69, 9.17) is 15.2 Å². The zero-order chi connectivity index (χ0) is 37.6. The maximum absolute atomic E-state index is 13.6. The predicted molar refractivity (Wildman–Crippen MR) is 203 cm³/mol. The summed E-state index contributed by atoms with van der Waals surface area (Å²) in [6.07, 6.45) is 11.7. The van der Waals surface area contributed by atoms with Crippen molar-refractivity contribution in [3.63, 3.8) is 0 Å². The Kier molecular flexibility index (Phi) is 9.58. The summed E-state index contributed by atoms with van der Waals surface area (Å²) in [5.41, 5.74) is 6.15. The molecule has 3 heterocycles. The van der Waals surface area contributed by atoms with Crippen molar-refractivity contribution in [2.75, 3.05) is 38.6 Å². The maximum atomic E-state index is 13.6. The Labute approximate surface area is 313 Å². The number of aliphatic carboxylic acids is 1. The van der Waals surface area contributed by atoms with Crippen molar-refractivity contribution in [3.8, 4) is 0 Å². The van der Waals surface area contributed by atoms with Gasteiger partial charge in [0, 0.05) is 11.0 Å². The number of ether oxygens (including phenoxy) is 2. The highest BCUT2D eigenvalue weighted by Gasteiger charge is 2.73. The molecule has 10 heteroatoms. The SMILES string of the molecule is CC(C)[C@@H](C)[C@@]1(C)CC[C@]2(C)[C@H]3CC[C@@H]4[C@@]5(C)COC[C@@]4(C3=CC[C@@]2(C)[C@@H]1C(=O)O)[C@@H](OC[C@](C)(C(C)C)N1CCCCC1)[C@H](n1nnc(N)n1)C5. The molecule has 6 aliphatic rings. The van der Waals surface area contributed by atoms with Crippen molar-refractivity contribution in [2.45, 2.75) is 145 Å². The van der Waals surface area contributed by atoms with Crippen LogP contribution in [0.4, 0.5) is 5.95 Å². The molecule has 0 radical (unpaired) electrons. The van der Waals surface area contributed by atoms with Crippen molar-refractivity contribution in [3.05, 3.63) is 11.6 Å². The van der Waals surface area contributed by atoms with E-state index in [2.05, 4.69) is 95.6 Å². The van der Waals surface area contributed by atoms with Crippen LogP contribution in [0.15, 0.2) is 11.6 Å². The second-order valence-corrected chi connectivity index (χ2v) is 20.4. The van der Waals surface area contributed by atoms with Gasteiger partial charge in [0.2, 0.25) is 0 Å². The Morgan fingerprint density at radius 1 is 1.06 bits per heavy atom. The number of likely N-dealkylation sites (tertiary alicyclic amines) is 1. The highest BCUT2D eigenvalue weighted by atomic mass is 16.5. The summed E-state index contributed by atoms with van der Waals surface area (Å²) in [5.74, 6) is 0.868. The molecule has 292 valence electrons. The van der Waals surface area contributed by atoms with Gasteiger partial charge < -0.3 is 20.3 Å². The summed E-state index contributed by atoms with van der Waals surface area (Å²) in [4.78, 5) is 18.1. The molecule has 3 N–H and O–H groups in total. The van der Waals surface area contributed by atoms with E-state index in [1.54, 1.807) is 4.80 Å². The first kappa shape index (κ1) is 38.2. The molecule has 1 aromatic rings. The number of carboxylic acids is 1. The number of tetrazole rings is 1. The average Bonchev–Trinajstić information content (AvgIpc) is 3.53. The van der Waals surface area contributed by atoms with Gasteiger partial charge in [-0.25, -0.2) is 0 Å². The number of hydrogen-bond donors (Lipinski definition) is 2. The van der Waals surface area contributed by atoms with Gasteiger partial charge in [-0.05, 0) is 128 Å². The standard InChI is InChI=1S/C42H70N6O4/c1-26(2)28(5)38(7)18-19-39(8)29-14-15-32-37(6)22-31(48-45-36(43)44-46-48)34(52-24-41(10,27(3)4)47-20-12-11-13-21-47)42(32,25-51-23-37)30(29)16-17-40(39,9)33(38)35(49)50/h16,26-29,31-34H,11-15,17-25H2,1-10H3,(H2,43,45)(H,49,50)/t28-,29+,31-,32-,33-,34+,37-,38-,39-,40+,41-,42+/m1/s1. The van der Waals surface area contributed by atoms with Crippen LogP contribution in [0.1, 0.15) is 133 Å². The number of carboxylic acid groups (broad SMARTS) is 1. The molecule has 7 rings (SSSR count). The fourth-order valence-electron chi connectivity index (χ4n) is 13.7. The summed E-state index contributed by atoms with van der Waals surface area (Å²) in [7, 11) is 0. The molecule has 3 saturated carbocycles. The van der Waals surface area contributed by atoms with Crippen molar-refractivity contribution in [1.29, 1.82) is 0 Å². The van der Waals surface area contributed by atoms with Gasteiger partial charge in [-0.15, -0.1) is 5.10 Å². The molecule has 12 atom stereocenters. The lowest BCUT2D eigenvalue weighted by Gasteiger charge is -2.71. The van der Waals surface area contributed by atoms with Crippen molar-refractivity contribution in [1.82, 2.24) is 25.1 Å². The number of anilines is 1. The summed E-state index contributed by atoms with van der Waals surface area (Å²) in [6, 6.07) is -0.151. The number of aromatic nitrogens is 4. The van der Waals surface area contributed by atoms with Crippen LogP contribution in [0, 0.1) is 62.6 Å². The van der Waals surface area contributed by atoms with Gasteiger partial charge in [0.05, 0.1) is 31.8 Å². The molecule has 2 aliphatic heterocycles. The Hall–Kier alpha value is -2.04. The number of nitrogens with zero attached hydrogens (tertiary/aromatic N) is 5. The van der Waals surface area contributed by atoms with E-state index in [1.807, 2.05) is 0 Å². The van der Waals surface area contributed by atoms with E-state index < -0.39 is 17.3 Å². The molecule has 2 bridgehead atoms. The van der Waals surface area contributed by atoms with Crippen LogP contribution in [0.3, 0.4) is 0 Å². The molecular formula is C42H70N6O4. The number of nitrogens with two attached hydrogens (primary N) is 1. The summed E-state index contributed by atoms with van der Waals surface area (Å²) in [6.45, 7) is 27.5. The second kappa shape index (κ2) is 13.0. The van der Waals surface area contributed by atoms with Crippen LogP contribution >= 0.6 is 0 Å². The fraction of sp³-hybridized carbons (Fsp3) is 0.905. The lowest BCUT2D eigenvalue weighted by molar-refractivity contribution is -0.258. The molecule has 0 aromatic carbocycles. The molecule has 1 aromatic heterocycles. The molecule has 0 spiro atoms. The van der Waals surface area contributed by atoms with E-state index >= 15 is 0 Å². The minimum atomic E-state index is -0.625. The number of rotatable bonds is 9. The molecule has 10 nitrogen and oxygen atoms in total. The van der Waals surface area contributed by atoms with E-state index in [9.17, 15) is 9.90 Å². The first-order valence-electron chi connectivity index (χ1n) is 20.8. The third-order valence-corrected chi connectivity index (χ3v) is 17.6. The minimum Gasteiger partial charge on any atom is -0.481 e. The first-order chi connectivity index (χ1) is 24.4. The van der Waals surface area contributed by atoms with Crippen molar-refractivity contribution in [2.24, 2.45) is 62.6 Å². The number of carbonyl (C=O) groups is 1. The Bertz CT molecular complexity index is 1540. The van der Waals surface area contributed by atoms with Gasteiger partial charge in [0.25, 0.3) is 5.95 Å². The third-order valence-electron chi connectivity index (χ3n) is 17.6. The summed E-state index contributed by atoms with van der Waals surface area (Å²) in [5, 5.41) is 24.6. The van der Waals surface area contributed by atoms with Gasteiger partial charge in [0.15, 0.2) is 0 Å². The van der Waals surface area contributed by atoms with E-state index in [1.165, 1.54) is 24.8 Å². The molecule has 52 heavy (non-hydrogen) atoms. The Morgan fingerprint density at radius 2 is 1.77 bits per heavy atom. The minimum absolute atomic E-state index is 0.103. The summed E-state index contributed by atoms with van der Waals surface area (Å²) < 4.78 is 14.4. The van der Waals surface area contributed by atoms with Crippen LogP contribution in [0.2, 0.25) is 0 Å². The van der Waals surface area contributed by atoms with Gasteiger partial charge in [-0.2, -0.15) is 4.80 Å². The number of nitrogen functional groups attached to an aromatic ring is 1. The van der Waals surface area contributed by atoms with Crippen LogP contribution in [0.5, 0.6) is 0 Å². The van der Waals surface area contributed by atoms with E-state index in [0.29, 0.717) is 43.5 Å². The van der Waals surface area contributed by atoms with Gasteiger partial charge in [0.1, 0.15) is 6.04 Å². The zero-order valence-corrected chi connectivity index (χ0v) is 34.1. The maximum Gasteiger partial charge on any atom is 0.307 e. The van der Waals surface area contributed by atoms with Crippen LogP contribution in [-0.2, 0) is 14.3 Å². The van der Waals surface area contributed by atoms with Gasteiger partial charge in [-0.1, -0.05) is 85.5 Å². The van der Waals surface area contributed by atoms with Gasteiger partial charge in [-0.3, -0.25) is 9.69 Å². The van der Waals surface area contributed by atoms with Crippen LogP contribution in [0.25, 0.3) is 0 Å². The lowest BCUT2D eigenvalue weighted by atomic mass is 9.34. The topological polar surface area (TPSA) is 129 Å². The number of fused-ring (bicyclic) bond motifs is 3. The normalized spacial score (nSPS) is 43.9. The quantitative estimate of drug-likeness (QED) is 0.247. The molecule has 4 aliphatic carbocycles. The summed E-state index contributed by atoms with van der Waals surface area (Å²) >= 11 is 0. The zero-order valence-electron chi connectivity index (χ0n) is 34.1. The number of hydrogen-bond acceptors (Lipinski definition) is 8. The highest BCUT2D eigenvalue weighted by Crippen LogP contribution is 2.75. The lowest BCUT2D eigenvalue weighted by Crippen LogP contribution is -2.70.